The molecule has 1 N–H and O–H groups in total. The van der Waals surface area contributed by atoms with Crippen molar-refractivity contribution in [2.24, 2.45) is 0 Å². The van der Waals surface area contributed by atoms with E-state index in [1.165, 1.54) is 13.4 Å². The molecular weight excluding hydrogens is 396 g/mol. The van der Waals surface area contributed by atoms with Crippen molar-refractivity contribution in [2.45, 2.75) is 5.75 Å². The SMILES string of the molecule is COCC(=O)Nc1ccc(-c2nc(CS(C)(=O)=O)cc(N3CCOCC3)n2)cc1. The molecule has 0 atom stereocenters. The molecule has 2 aromatic rings. The van der Waals surface area contributed by atoms with Crippen LogP contribution in [0.2, 0.25) is 0 Å². The predicted octanol–water partition coefficient (Wildman–Crippen LogP) is 1.11. The van der Waals surface area contributed by atoms with Gasteiger partial charge in [0.25, 0.3) is 0 Å². The van der Waals surface area contributed by atoms with E-state index in [0.29, 0.717) is 49.3 Å². The molecule has 9 nitrogen and oxygen atoms in total. The number of amides is 1. The Morgan fingerprint density at radius 1 is 1.21 bits per heavy atom. The maximum atomic E-state index is 11.8. The second-order valence-corrected chi connectivity index (χ2v) is 8.91. The van der Waals surface area contributed by atoms with Crippen molar-refractivity contribution in [2.75, 3.05) is 56.5 Å². The number of hydrogen-bond donors (Lipinski definition) is 1. The molecule has 1 amide bonds. The third kappa shape index (κ3) is 6.21. The first-order valence-electron chi connectivity index (χ1n) is 9.11. The minimum absolute atomic E-state index is 0.0265. The van der Waals surface area contributed by atoms with Crippen LogP contribution in [-0.2, 0) is 29.9 Å². The van der Waals surface area contributed by atoms with Gasteiger partial charge in [0, 0.05) is 43.8 Å². The molecule has 1 fully saturated rings. The Kier molecular flexibility index (Phi) is 6.78. The second-order valence-electron chi connectivity index (χ2n) is 6.77. The standard InChI is InChI=1S/C19H24N4O5S/c1-27-12-18(24)20-15-5-3-14(4-6-15)19-21-16(13-29(2,25)26)11-17(22-19)23-7-9-28-10-8-23/h3-6,11H,7-10,12-13H2,1-2H3,(H,20,24). The smallest absolute Gasteiger partial charge is 0.250 e. The number of benzene rings is 1. The van der Waals surface area contributed by atoms with E-state index in [1.807, 2.05) is 0 Å². The molecule has 0 spiro atoms. The molecule has 1 aliphatic rings. The van der Waals surface area contributed by atoms with Crippen molar-refractivity contribution >= 4 is 27.2 Å². The van der Waals surface area contributed by atoms with E-state index in [2.05, 4.69) is 20.2 Å². The van der Waals surface area contributed by atoms with Gasteiger partial charge in [-0.1, -0.05) is 0 Å². The van der Waals surface area contributed by atoms with Crippen molar-refractivity contribution < 1.29 is 22.7 Å². The second kappa shape index (κ2) is 9.29. The summed E-state index contributed by atoms with van der Waals surface area (Å²) in [6.45, 7) is 2.52. The van der Waals surface area contributed by atoms with Gasteiger partial charge in [-0.2, -0.15) is 0 Å². The summed E-state index contributed by atoms with van der Waals surface area (Å²) in [5.74, 6) is 0.698. The lowest BCUT2D eigenvalue weighted by molar-refractivity contribution is -0.119. The van der Waals surface area contributed by atoms with Gasteiger partial charge in [-0.15, -0.1) is 0 Å². The number of morpholine rings is 1. The Bertz CT molecular complexity index is 957. The van der Waals surface area contributed by atoms with Crippen LogP contribution in [0.4, 0.5) is 11.5 Å². The van der Waals surface area contributed by atoms with Gasteiger partial charge in [0.05, 0.1) is 24.7 Å². The average Bonchev–Trinajstić information content (AvgIpc) is 2.68. The number of hydrogen-bond acceptors (Lipinski definition) is 8. The van der Waals surface area contributed by atoms with E-state index in [-0.39, 0.29) is 18.3 Å². The Morgan fingerprint density at radius 3 is 2.52 bits per heavy atom. The van der Waals surface area contributed by atoms with E-state index < -0.39 is 9.84 Å². The number of nitrogens with zero attached hydrogens (tertiary/aromatic N) is 3. The van der Waals surface area contributed by atoms with Crippen molar-refractivity contribution in [3.8, 4) is 11.4 Å². The van der Waals surface area contributed by atoms with E-state index in [0.717, 1.165) is 5.56 Å². The van der Waals surface area contributed by atoms with E-state index >= 15 is 0 Å². The van der Waals surface area contributed by atoms with Crippen LogP contribution < -0.4 is 10.2 Å². The zero-order valence-corrected chi connectivity index (χ0v) is 17.2. The van der Waals surface area contributed by atoms with Gasteiger partial charge in [0.2, 0.25) is 5.91 Å². The first-order chi connectivity index (χ1) is 13.8. The monoisotopic (exact) mass is 420 g/mol. The van der Waals surface area contributed by atoms with Crippen molar-refractivity contribution in [1.29, 1.82) is 0 Å². The van der Waals surface area contributed by atoms with Gasteiger partial charge < -0.3 is 19.7 Å². The van der Waals surface area contributed by atoms with Crippen molar-refractivity contribution in [3.05, 3.63) is 36.0 Å². The van der Waals surface area contributed by atoms with Gasteiger partial charge in [0.15, 0.2) is 15.7 Å². The number of carbonyl (C=O) groups is 1. The van der Waals surface area contributed by atoms with Crippen LogP contribution >= 0.6 is 0 Å². The highest BCUT2D eigenvalue weighted by Gasteiger charge is 2.17. The molecule has 0 bridgehead atoms. The highest BCUT2D eigenvalue weighted by atomic mass is 32.2. The Balaban J connectivity index is 1.90. The third-order valence-corrected chi connectivity index (χ3v) is 5.03. The van der Waals surface area contributed by atoms with E-state index in [9.17, 15) is 13.2 Å². The fourth-order valence-corrected chi connectivity index (χ4v) is 3.63. The molecule has 10 heteroatoms. The fraction of sp³-hybridized carbons (Fsp3) is 0.421. The summed E-state index contributed by atoms with van der Waals surface area (Å²) in [4.78, 5) is 22.8. The molecule has 0 radical (unpaired) electrons. The molecule has 1 aromatic heterocycles. The molecule has 2 heterocycles. The molecule has 156 valence electrons. The van der Waals surface area contributed by atoms with Crippen LogP contribution in [0.15, 0.2) is 30.3 Å². The highest BCUT2D eigenvalue weighted by molar-refractivity contribution is 7.89. The average molecular weight is 420 g/mol. The number of methoxy groups -OCH3 is 1. The zero-order chi connectivity index (χ0) is 20.9. The van der Waals surface area contributed by atoms with Gasteiger partial charge >= 0.3 is 0 Å². The Morgan fingerprint density at radius 2 is 1.90 bits per heavy atom. The number of sulfone groups is 1. The molecule has 1 aromatic carbocycles. The first-order valence-corrected chi connectivity index (χ1v) is 11.2. The molecule has 0 aliphatic carbocycles. The van der Waals surface area contributed by atoms with Crippen LogP contribution in [0, 0.1) is 0 Å². The largest absolute Gasteiger partial charge is 0.378 e. The summed E-state index contributed by atoms with van der Waals surface area (Å²) >= 11 is 0. The summed E-state index contributed by atoms with van der Waals surface area (Å²) < 4.78 is 33.8. The summed E-state index contributed by atoms with van der Waals surface area (Å²) in [5.41, 5.74) is 1.78. The van der Waals surface area contributed by atoms with Gasteiger partial charge in [-0.3, -0.25) is 4.79 Å². The number of anilines is 2. The first kappa shape index (κ1) is 21.2. The quantitative estimate of drug-likeness (QED) is 0.709. The molecular formula is C19H24N4O5S. The number of aromatic nitrogens is 2. The van der Waals surface area contributed by atoms with Crippen LogP contribution in [0.3, 0.4) is 0 Å². The maximum Gasteiger partial charge on any atom is 0.250 e. The van der Waals surface area contributed by atoms with Crippen LogP contribution in [0.25, 0.3) is 11.4 Å². The summed E-state index contributed by atoms with van der Waals surface area (Å²) in [6.07, 6.45) is 1.18. The molecule has 1 aliphatic heterocycles. The summed E-state index contributed by atoms with van der Waals surface area (Å²) in [5, 5.41) is 2.72. The van der Waals surface area contributed by atoms with Gasteiger partial charge in [-0.25, -0.2) is 18.4 Å². The van der Waals surface area contributed by atoms with Crippen LogP contribution in [0.5, 0.6) is 0 Å². The molecule has 1 saturated heterocycles. The van der Waals surface area contributed by atoms with Crippen molar-refractivity contribution in [1.82, 2.24) is 9.97 Å². The lowest BCUT2D eigenvalue weighted by atomic mass is 10.2. The van der Waals surface area contributed by atoms with E-state index in [4.69, 9.17) is 9.47 Å². The molecule has 0 saturated carbocycles. The maximum absolute atomic E-state index is 11.8. The number of nitrogens with one attached hydrogen (secondary N) is 1. The van der Waals surface area contributed by atoms with Crippen LogP contribution in [0.1, 0.15) is 5.69 Å². The lowest BCUT2D eigenvalue weighted by Gasteiger charge is -2.28. The molecule has 29 heavy (non-hydrogen) atoms. The number of carbonyl (C=O) groups excluding carboxylic acids is 1. The number of ether oxygens (including phenoxy) is 2. The topological polar surface area (TPSA) is 111 Å². The normalized spacial score (nSPS) is 14.6. The predicted molar refractivity (Wildman–Crippen MR) is 110 cm³/mol. The zero-order valence-electron chi connectivity index (χ0n) is 16.4. The minimum Gasteiger partial charge on any atom is -0.378 e. The molecule has 0 unspecified atom stereocenters. The third-order valence-electron chi connectivity index (χ3n) is 4.21. The lowest BCUT2D eigenvalue weighted by Crippen LogP contribution is -2.37. The molecule has 3 rings (SSSR count). The van der Waals surface area contributed by atoms with Crippen LogP contribution in [-0.4, -0.2) is 70.6 Å². The van der Waals surface area contributed by atoms with E-state index in [1.54, 1.807) is 30.3 Å². The summed E-state index contributed by atoms with van der Waals surface area (Å²) in [6, 6.07) is 8.76. The number of rotatable bonds is 7. The Hall–Kier alpha value is -2.56. The van der Waals surface area contributed by atoms with Gasteiger partial charge in [-0.05, 0) is 24.3 Å². The summed E-state index contributed by atoms with van der Waals surface area (Å²) in [7, 11) is -1.79. The van der Waals surface area contributed by atoms with Crippen molar-refractivity contribution in [3.63, 3.8) is 0 Å². The fourth-order valence-electron chi connectivity index (χ4n) is 2.94. The minimum atomic E-state index is -3.24. The Labute approximate surface area is 170 Å². The highest BCUT2D eigenvalue weighted by Crippen LogP contribution is 2.23. The van der Waals surface area contributed by atoms with Gasteiger partial charge in [0.1, 0.15) is 12.4 Å².